The third-order valence-electron chi connectivity index (χ3n) is 5.36. The molecule has 158 valence electrons. The number of hydrogen-bond donors (Lipinski definition) is 1. The van der Waals surface area contributed by atoms with Gasteiger partial charge in [-0.2, -0.15) is 19.7 Å². The summed E-state index contributed by atoms with van der Waals surface area (Å²) in [6, 6.07) is 8.51. The van der Waals surface area contributed by atoms with Crippen molar-refractivity contribution < 1.29 is 4.74 Å². The van der Waals surface area contributed by atoms with Crippen LogP contribution in [0.15, 0.2) is 53.8 Å². The summed E-state index contributed by atoms with van der Waals surface area (Å²) in [7, 11) is 0. The van der Waals surface area contributed by atoms with E-state index in [9.17, 15) is 4.79 Å². The zero-order valence-corrected chi connectivity index (χ0v) is 17.2. The summed E-state index contributed by atoms with van der Waals surface area (Å²) < 4.78 is 8.90. The van der Waals surface area contributed by atoms with Gasteiger partial charge >= 0.3 is 0 Å². The van der Waals surface area contributed by atoms with E-state index in [0.717, 1.165) is 17.1 Å². The Kier molecular flexibility index (Phi) is 4.91. The van der Waals surface area contributed by atoms with E-state index in [-0.39, 0.29) is 23.6 Å². The lowest BCUT2D eigenvalue weighted by Gasteiger charge is -2.22. The van der Waals surface area contributed by atoms with Crippen LogP contribution < -0.4 is 10.9 Å². The van der Waals surface area contributed by atoms with E-state index in [0.29, 0.717) is 24.7 Å². The van der Waals surface area contributed by atoms with Crippen molar-refractivity contribution in [2.75, 3.05) is 18.5 Å². The number of pyridine rings is 1. The fraction of sp³-hybridized carbons (Fsp3) is 0.333. The van der Waals surface area contributed by atoms with E-state index in [1.807, 2.05) is 18.2 Å². The average molecular weight is 418 g/mol. The molecule has 0 aliphatic carbocycles. The zero-order valence-electron chi connectivity index (χ0n) is 17.2. The van der Waals surface area contributed by atoms with Crippen LogP contribution in [-0.2, 0) is 4.74 Å². The van der Waals surface area contributed by atoms with Gasteiger partial charge in [-0.3, -0.25) is 9.78 Å². The molecule has 10 heteroatoms. The number of hydrogen-bond acceptors (Lipinski definition) is 8. The van der Waals surface area contributed by atoms with Gasteiger partial charge in [-0.1, -0.05) is 13.8 Å². The molecule has 0 radical (unpaired) electrons. The number of fused-ring (bicyclic) bond motifs is 1. The first-order valence-electron chi connectivity index (χ1n) is 10.2. The second-order valence-corrected chi connectivity index (χ2v) is 7.79. The maximum atomic E-state index is 12.7. The van der Waals surface area contributed by atoms with E-state index in [4.69, 9.17) is 4.74 Å². The van der Waals surface area contributed by atoms with Crippen molar-refractivity contribution in [3.63, 3.8) is 0 Å². The van der Waals surface area contributed by atoms with Gasteiger partial charge in [0, 0.05) is 30.1 Å². The highest BCUT2D eigenvalue weighted by Crippen LogP contribution is 2.25. The molecule has 31 heavy (non-hydrogen) atoms. The first kappa shape index (κ1) is 19.3. The van der Waals surface area contributed by atoms with Crippen LogP contribution in [0.2, 0.25) is 0 Å². The topological polar surface area (TPSA) is 112 Å². The number of ether oxygens (including phenoxy) is 1. The lowest BCUT2D eigenvalue weighted by molar-refractivity contribution is 0.183. The molecule has 0 bridgehead atoms. The molecule has 0 aromatic carbocycles. The van der Waals surface area contributed by atoms with Gasteiger partial charge in [0.05, 0.1) is 30.6 Å². The van der Waals surface area contributed by atoms with E-state index in [2.05, 4.69) is 44.3 Å². The van der Waals surface area contributed by atoms with Crippen LogP contribution in [0.1, 0.15) is 31.5 Å². The van der Waals surface area contributed by atoms with E-state index in [1.54, 1.807) is 23.0 Å². The molecule has 0 saturated carbocycles. The molecule has 1 aliphatic rings. The number of nitrogens with zero attached hydrogens (tertiary/aromatic N) is 7. The predicted molar refractivity (Wildman–Crippen MR) is 114 cm³/mol. The molecule has 4 aromatic heterocycles. The second kappa shape index (κ2) is 7.88. The van der Waals surface area contributed by atoms with Gasteiger partial charge in [-0.15, -0.1) is 0 Å². The van der Waals surface area contributed by atoms with Gasteiger partial charge in [-0.05, 0) is 24.1 Å². The molecule has 2 unspecified atom stereocenters. The van der Waals surface area contributed by atoms with Crippen LogP contribution in [0, 0.1) is 0 Å². The maximum Gasteiger partial charge on any atom is 0.267 e. The van der Waals surface area contributed by atoms with Gasteiger partial charge < -0.3 is 10.1 Å². The summed E-state index contributed by atoms with van der Waals surface area (Å²) in [5.41, 5.74) is 2.33. The molecular formula is C21H22N8O2. The number of rotatable bonds is 5. The Morgan fingerprint density at radius 3 is 2.81 bits per heavy atom. The van der Waals surface area contributed by atoms with Gasteiger partial charge in [0.15, 0.2) is 0 Å². The molecule has 10 nitrogen and oxygen atoms in total. The smallest absolute Gasteiger partial charge is 0.267 e. The van der Waals surface area contributed by atoms with Crippen LogP contribution in [0.5, 0.6) is 0 Å². The minimum Gasteiger partial charge on any atom is -0.377 e. The Balaban J connectivity index is 1.50. The largest absolute Gasteiger partial charge is 0.377 e. The van der Waals surface area contributed by atoms with E-state index in [1.165, 1.54) is 17.1 Å². The predicted octanol–water partition coefficient (Wildman–Crippen LogP) is 1.92. The third kappa shape index (κ3) is 3.66. The first-order valence-corrected chi connectivity index (χ1v) is 10.2. The van der Waals surface area contributed by atoms with Crippen molar-refractivity contribution in [2.45, 2.75) is 31.8 Å². The highest BCUT2D eigenvalue weighted by Gasteiger charge is 2.32. The molecule has 0 amide bonds. The standard InChI is InChI=1S/C21H22N8O2/c1-13(2)16-9-19(29-21(26-16)23-12-24-29)25-17-10-31-11-18(17)28-20(30)4-3-15(27-28)14-5-7-22-8-6-14/h3-9,12-13,17-18,25H,10-11H2,1-2H3. The molecule has 1 fully saturated rings. The normalized spacial score (nSPS) is 18.7. The van der Waals surface area contributed by atoms with Crippen molar-refractivity contribution in [3.05, 3.63) is 65.1 Å². The van der Waals surface area contributed by atoms with Crippen molar-refractivity contribution in [1.29, 1.82) is 0 Å². The molecule has 5 rings (SSSR count). The fourth-order valence-electron chi connectivity index (χ4n) is 3.68. The number of nitrogens with one attached hydrogen (secondary N) is 1. The minimum atomic E-state index is -0.275. The fourth-order valence-corrected chi connectivity index (χ4v) is 3.68. The molecule has 1 N–H and O–H groups in total. The molecule has 5 heterocycles. The Morgan fingerprint density at radius 2 is 2.00 bits per heavy atom. The Labute approximate surface area is 178 Å². The van der Waals surface area contributed by atoms with Gasteiger partial charge in [0.1, 0.15) is 18.2 Å². The zero-order chi connectivity index (χ0) is 21.4. The summed E-state index contributed by atoms with van der Waals surface area (Å²) in [6.45, 7) is 4.98. The Bertz CT molecular complexity index is 1270. The lowest BCUT2D eigenvalue weighted by atomic mass is 10.1. The molecule has 4 aromatic rings. The first-order chi connectivity index (χ1) is 15.1. The quantitative estimate of drug-likeness (QED) is 0.523. The van der Waals surface area contributed by atoms with Gasteiger partial charge in [0.25, 0.3) is 11.3 Å². The maximum absolute atomic E-state index is 12.7. The van der Waals surface area contributed by atoms with E-state index < -0.39 is 0 Å². The van der Waals surface area contributed by atoms with Crippen molar-refractivity contribution in [2.24, 2.45) is 0 Å². The van der Waals surface area contributed by atoms with Crippen molar-refractivity contribution in [1.82, 2.24) is 34.3 Å². The lowest BCUT2D eigenvalue weighted by Crippen LogP contribution is -2.37. The number of aromatic nitrogens is 7. The third-order valence-corrected chi connectivity index (χ3v) is 5.36. The molecule has 2 atom stereocenters. The Hall–Kier alpha value is -3.66. The Morgan fingerprint density at radius 1 is 1.16 bits per heavy atom. The minimum absolute atomic E-state index is 0.173. The van der Waals surface area contributed by atoms with Crippen LogP contribution in [-0.4, -0.2) is 53.6 Å². The average Bonchev–Trinajstić information content (AvgIpc) is 3.44. The summed E-state index contributed by atoms with van der Waals surface area (Å²) in [5.74, 6) is 1.52. The molecule has 0 spiro atoms. The highest BCUT2D eigenvalue weighted by atomic mass is 16.5. The highest BCUT2D eigenvalue weighted by molar-refractivity contribution is 5.57. The van der Waals surface area contributed by atoms with Crippen molar-refractivity contribution in [3.8, 4) is 11.3 Å². The van der Waals surface area contributed by atoms with Crippen molar-refractivity contribution >= 4 is 11.6 Å². The second-order valence-electron chi connectivity index (χ2n) is 7.79. The molecular weight excluding hydrogens is 396 g/mol. The monoisotopic (exact) mass is 418 g/mol. The summed E-state index contributed by atoms with van der Waals surface area (Å²) in [5, 5.41) is 12.4. The van der Waals surface area contributed by atoms with Crippen LogP contribution in [0.4, 0.5) is 5.82 Å². The molecule has 1 aliphatic heterocycles. The van der Waals surface area contributed by atoms with E-state index >= 15 is 0 Å². The number of anilines is 1. The van der Waals surface area contributed by atoms with Crippen LogP contribution in [0.25, 0.3) is 17.0 Å². The SMILES string of the molecule is CC(C)c1cc(NC2COCC2n2nc(-c3ccncc3)ccc2=O)n2ncnc2n1. The van der Waals surface area contributed by atoms with Crippen LogP contribution >= 0.6 is 0 Å². The summed E-state index contributed by atoms with van der Waals surface area (Å²) >= 11 is 0. The van der Waals surface area contributed by atoms with Crippen LogP contribution in [0.3, 0.4) is 0 Å². The van der Waals surface area contributed by atoms with Gasteiger partial charge in [0.2, 0.25) is 0 Å². The molecule has 1 saturated heterocycles. The summed E-state index contributed by atoms with van der Waals surface area (Å²) in [4.78, 5) is 25.5. The van der Waals surface area contributed by atoms with Gasteiger partial charge in [-0.25, -0.2) is 9.67 Å². The summed E-state index contributed by atoms with van der Waals surface area (Å²) in [6.07, 6.45) is 4.88.